The molecule has 0 aliphatic carbocycles. The van der Waals surface area contributed by atoms with Gasteiger partial charge in [0.05, 0.1) is 17.8 Å². The number of hydrogen-bond acceptors (Lipinski definition) is 4. The fourth-order valence-electron chi connectivity index (χ4n) is 2.87. The molecule has 6 nitrogen and oxygen atoms in total. The van der Waals surface area contributed by atoms with Crippen molar-refractivity contribution in [3.8, 4) is 0 Å². The Bertz CT molecular complexity index is 688. The molecular formula is C17H22N4O2. The van der Waals surface area contributed by atoms with Crippen LogP contribution in [0.2, 0.25) is 0 Å². The minimum atomic E-state index is -1.09. The van der Waals surface area contributed by atoms with Crippen molar-refractivity contribution in [2.45, 2.75) is 38.5 Å². The van der Waals surface area contributed by atoms with Crippen LogP contribution in [-0.4, -0.2) is 32.9 Å². The lowest BCUT2D eigenvalue weighted by atomic mass is 9.91. The monoisotopic (exact) mass is 314 g/mol. The molecule has 6 heteroatoms. The first kappa shape index (κ1) is 15.6. The van der Waals surface area contributed by atoms with Gasteiger partial charge in [0.15, 0.2) is 0 Å². The van der Waals surface area contributed by atoms with Crippen molar-refractivity contribution in [3.05, 3.63) is 47.7 Å². The first-order chi connectivity index (χ1) is 11.0. The minimum absolute atomic E-state index is 0.239. The summed E-state index contributed by atoms with van der Waals surface area (Å²) in [5.41, 5.74) is 0.287. The van der Waals surface area contributed by atoms with Crippen LogP contribution in [0.15, 0.2) is 36.5 Å². The molecule has 0 saturated heterocycles. The number of anilines is 1. The van der Waals surface area contributed by atoms with Gasteiger partial charge in [0.1, 0.15) is 11.4 Å². The SMILES string of the molecule is CC(C)(O)C(NC(=O)c1cnn2c1NCCC2)c1ccccc1. The zero-order chi connectivity index (χ0) is 16.4. The lowest BCUT2D eigenvalue weighted by molar-refractivity contribution is 0.0344. The smallest absolute Gasteiger partial charge is 0.257 e. The van der Waals surface area contributed by atoms with Gasteiger partial charge in [0.25, 0.3) is 5.91 Å². The van der Waals surface area contributed by atoms with Gasteiger partial charge in [-0.1, -0.05) is 30.3 Å². The van der Waals surface area contributed by atoms with E-state index in [1.807, 2.05) is 30.3 Å². The van der Waals surface area contributed by atoms with Crippen LogP contribution >= 0.6 is 0 Å². The van der Waals surface area contributed by atoms with Gasteiger partial charge in [-0.05, 0) is 25.8 Å². The largest absolute Gasteiger partial charge is 0.388 e. The number of aryl methyl sites for hydroxylation is 1. The van der Waals surface area contributed by atoms with Crippen LogP contribution in [0.5, 0.6) is 0 Å². The predicted octanol–water partition coefficient (Wildman–Crippen LogP) is 1.94. The maximum atomic E-state index is 12.7. The highest BCUT2D eigenvalue weighted by Crippen LogP contribution is 2.27. The van der Waals surface area contributed by atoms with E-state index in [1.54, 1.807) is 24.7 Å². The third-order valence-corrected chi connectivity index (χ3v) is 4.04. The average molecular weight is 314 g/mol. The van der Waals surface area contributed by atoms with Crippen LogP contribution in [-0.2, 0) is 6.54 Å². The lowest BCUT2D eigenvalue weighted by Gasteiger charge is -2.30. The number of fused-ring (bicyclic) bond motifs is 1. The Balaban J connectivity index is 1.86. The molecule has 1 aromatic heterocycles. The maximum Gasteiger partial charge on any atom is 0.257 e. The van der Waals surface area contributed by atoms with Gasteiger partial charge in [-0.3, -0.25) is 4.79 Å². The number of carbonyl (C=O) groups is 1. The highest BCUT2D eigenvalue weighted by Gasteiger charge is 2.31. The van der Waals surface area contributed by atoms with E-state index < -0.39 is 11.6 Å². The Hall–Kier alpha value is -2.34. The van der Waals surface area contributed by atoms with Crippen molar-refractivity contribution >= 4 is 11.7 Å². The van der Waals surface area contributed by atoms with E-state index in [2.05, 4.69) is 15.7 Å². The molecule has 3 rings (SSSR count). The topological polar surface area (TPSA) is 79.2 Å². The first-order valence-corrected chi connectivity index (χ1v) is 7.84. The molecule has 0 saturated carbocycles. The maximum absolute atomic E-state index is 12.7. The quantitative estimate of drug-likeness (QED) is 0.806. The summed E-state index contributed by atoms with van der Waals surface area (Å²) < 4.78 is 1.81. The van der Waals surface area contributed by atoms with Crippen molar-refractivity contribution in [1.29, 1.82) is 0 Å². The normalized spacial score (nSPS) is 15.4. The van der Waals surface area contributed by atoms with Crippen LogP contribution in [0.1, 0.15) is 42.2 Å². The van der Waals surface area contributed by atoms with E-state index in [4.69, 9.17) is 0 Å². The molecule has 0 spiro atoms. The summed E-state index contributed by atoms with van der Waals surface area (Å²) in [7, 11) is 0. The predicted molar refractivity (Wildman–Crippen MR) is 88.3 cm³/mol. The number of rotatable bonds is 4. The van der Waals surface area contributed by atoms with Gasteiger partial charge in [-0.25, -0.2) is 4.68 Å². The molecule has 1 atom stereocenters. The number of carbonyl (C=O) groups excluding carboxylic acids is 1. The summed E-state index contributed by atoms with van der Waals surface area (Å²) in [6, 6.07) is 8.98. The molecule has 0 bridgehead atoms. The molecule has 1 unspecified atom stereocenters. The lowest BCUT2D eigenvalue weighted by Crippen LogP contribution is -2.42. The molecule has 0 radical (unpaired) electrons. The van der Waals surface area contributed by atoms with Crippen molar-refractivity contribution in [3.63, 3.8) is 0 Å². The third kappa shape index (κ3) is 3.22. The van der Waals surface area contributed by atoms with E-state index in [0.29, 0.717) is 5.56 Å². The summed E-state index contributed by atoms with van der Waals surface area (Å²) >= 11 is 0. The van der Waals surface area contributed by atoms with Crippen LogP contribution in [0.4, 0.5) is 5.82 Å². The van der Waals surface area contributed by atoms with Gasteiger partial charge in [0.2, 0.25) is 0 Å². The number of amides is 1. The molecule has 1 aromatic carbocycles. The van der Waals surface area contributed by atoms with Crippen molar-refractivity contribution in [2.24, 2.45) is 0 Å². The second-order valence-corrected chi connectivity index (χ2v) is 6.38. The molecule has 2 aromatic rings. The molecule has 122 valence electrons. The van der Waals surface area contributed by atoms with Gasteiger partial charge in [0, 0.05) is 13.1 Å². The molecule has 2 heterocycles. The molecule has 23 heavy (non-hydrogen) atoms. The standard InChI is InChI=1S/C17H22N4O2/c1-17(2,23)14(12-7-4-3-5-8-12)20-16(22)13-11-19-21-10-6-9-18-15(13)21/h3-5,7-8,11,14,18,23H,6,9-10H2,1-2H3,(H,20,22). The molecule has 0 fully saturated rings. The molecular weight excluding hydrogens is 292 g/mol. The van der Waals surface area contributed by atoms with E-state index in [-0.39, 0.29) is 5.91 Å². The van der Waals surface area contributed by atoms with Gasteiger partial charge in [-0.15, -0.1) is 0 Å². The van der Waals surface area contributed by atoms with Crippen LogP contribution < -0.4 is 10.6 Å². The zero-order valence-electron chi connectivity index (χ0n) is 13.4. The Morgan fingerprint density at radius 2 is 2.13 bits per heavy atom. The average Bonchev–Trinajstić information content (AvgIpc) is 2.96. The Labute approximate surface area is 135 Å². The molecule has 1 amide bonds. The van der Waals surface area contributed by atoms with Crippen molar-refractivity contribution in [2.75, 3.05) is 11.9 Å². The van der Waals surface area contributed by atoms with E-state index in [0.717, 1.165) is 30.9 Å². The highest BCUT2D eigenvalue weighted by atomic mass is 16.3. The van der Waals surface area contributed by atoms with Crippen LogP contribution in [0.3, 0.4) is 0 Å². The van der Waals surface area contributed by atoms with Gasteiger partial charge in [-0.2, -0.15) is 5.10 Å². The summed E-state index contributed by atoms with van der Waals surface area (Å²) in [5.74, 6) is 0.507. The second-order valence-electron chi connectivity index (χ2n) is 6.38. The summed E-state index contributed by atoms with van der Waals surface area (Å²) in [4.78, 5) is 12.7. The van der Waals surface area contributed by atoms with Gasteiger partial charge < -0.3 is 15.7 Å². The number of aromatic nitrogens is 2. The Morgan fingerprint density at radius 3 is 2.83 bits per heavy atom. The van der Waals surface area contributed by atoms with E-state index in [9.17, 15) is 9.90 Å². The second kappa shape index (κ2) is 6.04. The summed E-state index contributed by atoms with van der Waals surface area (Å²) in [6.45, 7) is 5.02. The fourth-order valence-corrected chi connectivity index (χ4v) is 2.87. The molecule has 1 aliphatic rings. The van der Waals surface area contributed by atoms with Crippen molar-refractivity contribution in [1.82, 2.24) is 15.1 Å². The van der Waals surface area contributed by atoms with E-state index >= 15 is 0 Å². The highest BCUT2D eigenvalue weighted by molar-refractivity contribution is 5.99. The first-order valence-electron chi connectivity index (χ1n) is 7.84. The Kier molecular flexibility index (Phi) is 4.09. The fraction of sp³-hybridized carbons (Fsp3) is 0.412. The third-order valence-electron chi connectivity index (χ3n) is 4.04. The molecule has 1 aliphatic heterocycles. The number of hydrogen-bond donors (Lipinski definition) is 3. The minimum Gasteiger partial charge on any atom is -0.388 e. The number of nitrogens with one attached hydrogen (secondary N) is 2. The van der Waals surface area contributed by atoms with Crippen molar-refractivity contribution < 1.29 is 9.90 Å². The zero-order valence-corrected chi connectivity index (χ0v) is 13.4. The van der Waals surface area contributed by atoms with E-state index in [1.165, 1.54) is 0 Å². The number of benzene rings is 1. The summed E-state index contributed by atoms with van der Waals surface area (Å²) in [5, 5.41) is 20.9. The number of nitrogens with zero attached hydrogens (tertiary/aromatic N) is 2. The van der Waals surface area contributed by atoms with Crippen LogP contribution in [0.25, 0.3) is 0 Å². The molecule has 3 N–H and O–H groups in total. The van der Waals surface area contributed by atoms with Crippen LogP contribution in [0, 0.1) is 0 Å². The number of aliphatic hydroxyl groups is 1. The van der Waals surface area contributed by atoms with Gasteiger partial charge >= 0.3 is 0 Å². The summed E-state index contributed by atoms with van der Waals surface area (Å²) in [6.07, 6.45) is 2.57. The Morgan fingerprint density at radius 1 is 1.39 bits per heavy atom.